The van der Waals surface area contributed by atoms with E-state index in [9.17, 15) is 9.59 Å². The predicted molar refractivity (Wildman–Crippen MR) is 152 cm³/mol. The summed E-state index contributed by atoms with van der Waals surface area (Å²) < 4.78 is 0. The molecule has 1 aliphatic rings. The summed E-state index contributed by atoms with van der Waals surface area (Å²) in [5.74, 6) is 0.562. The fourth-order valence-corrected chi connectivity index (χ4v) is 5.12. The number of nitrogens with two attached hydrogens (primary N) is 1. The summed E-state index contributed by atoms with van der Waals surface area (Å²) in [7, 11) is 1.95. The fraction of sp³-hybridized carbons (Fsp3) is 0.448. The Balaban J connectivity index is 0.000000266. The summed E-state index contributed by atoms with van der Waals surface area (Å²) in [6.45, 7) is 7.33. The Labute approximate surface area is 224 Å². The molecular formula is C29H39N5O2S. The smallest absolute Gasteiger partial charge is 0.222 e. The van der Waals surface area contributed by atoms with Gasteiger partial charge in [-0.05, 0) is 60.7 Å². The van der Waals surface area contributed by atoms with Crippen LogP contribution < -0.4 is 11.1 Å². The third-order valence-electron chi connectivity index (χ3n) is 6.65. The van der Waals surface area contributed by atoms with Gasteiger partial charge in [0.05, 0.1) is 0 Å². The van der Waals surface area contributed by atoms with Gasteiger partial charge in [-0.15, -0.1) is 10.2 Å². The van der Waals surface area contributed by atoms with Gasteiger partial charge in [-0.1, -0.05) is 50.5 Å². The van der Waals surface area contributed by atoms with Crippen molar-refractivity contribution in [3.05, 3.63) is 52.7 Å². The Morgan fingerprint density at radius 1 is 1.08 bits per heavy atom. The average molecular weight is 522 g/mol. The summed E-state index contributed by atoms with van der Waals surface area (Å²) in [6, 6.07) is 12.4. The zero-order chi connectivity index (χ0) is 27.0. The molecular weight excluding hydrogens is 482 g/mol. The first-order chi connectivity index (χ1) is 17.6. The van der Waals surface area contributed by atoms with E-state index < -0.39 is 5.54 Å². The molecule has 3 N–H and O–H groups in total. The van der Waals surface area contributed by atoms with Crippen LogP contribution in [-0.4, -0.2) is 40.0 Å². The lowest BCUT2D eigenvalue weighted by molar-refractivity contribution is -0.132. The van der Waals surface area contributed by atoms with Gasteiger partial charge in [-0.25, -0.2) is 0 Å². The summed E-state index contributed by atoms with van der Waals surface area (Å²) >= 11 is 1.61. The minimum Gasteiger partial charge on any atom is -0.343 e. The van der Waals surface area contributed by atoms with Gasteiger partial charge in [0, 0.05) is 43.1 Å². The number of nitrogens with one attached hydrogen (secondary N) is 1. The molecule has 2 heterocycles. The Morgan fingerprint density at radius 2 is 1.76 bits per heavy atom. The molecule has 8 heteroatoms. The lowest BCUT2D eigenvalue weighted by Gasteiger charge is -2.31. The number of carbonyl (C=O) groups excluding carboxylic acids is 2. The maximum Gasteiger partial charge on any atom is 0.222 e. The summed E-state index contributed by atoms with van der Waals surface area (Å²) in [5, 5.41) is 15.2. The SMILES string of the molecule is CC(=O)Nc1cc(-c2ccsc2)c(-c2ccc(C(C)(C)N)cc2)nn1.CCC(=O)N(C)C1CCCCC1. The average Bonchev–Trinajstić information content (AvgIpc) is 3.43. The third-order valence-corrected chi connectivity index (χ3v) is 7.33. The molecule has 2 aromatic heterocycles. The van der Waals surface area contributed by atoms with E-state index in [0.29, 0.717) is 24.2 Å². The number of carbonyl (C=O) groups is 2. The molecule has 1 saturated carbocycles. The van der Waals surface area contributed by atoms with Gasteiger partial charge in [-0.3, -0.25) is 9.59 Å². The molecule has 1 fully saturated rings. The third kappa shape index (κ3) is 7.94. The van der Waals surface area contributed by atoms with Crippen molar-refractivity contribution in [1.29, 1.82) is 0 Å². The van der Waals surface area contributed by atoms with Crippen LogP contribution in [0, 0.1) is 0 Å². The van der Waals surface area contributed by atoms with Crippen molar-refractivity contribution < 1.29 is 9.59 Å². The number of thiophene rings is 1. The maximum absolute atomic E-state index is 11.3. The van der Waals surface area contributed by atoms with E-state index in [1.54, 1.807) is 11.3 Å². The summed E-state index contributed by atoms with van der Waals surface area (Å²) in [6.07, 6.45) is 7.01. The first kappa shape index (κ1) is 28.5. The number of nitrogens with zero attached hydrogens (tertiary/aromatic N) is 3. The second-order valence-corrected chi connectivity index (χ2v) is 10.9. The molecule has 0 atom stereocenters. The number of amides is 2. The Hall–Kier alpha value is -3.10. The largest absolute Gasteiger partial charge is 0.343 e. The maximum atomic E-state index is 11.3. The van der Waals surface area contributed by atoms with Crippen molar-refractivity contribution in [3.8, 4) is 22.4 Å². The van der Waals surface area contributed by atoms with Gasteiger partial charge in [-0.2, -0.15) is 11.3 Å². The Kier molecular flexibility index (Phi) is 9.94. The van der Waals surface area contributed by atoms with Crippen molar-refractivity contribution >= 4 is 29.0 Å². The minimum absolute atomic E-state index is 0.173. The fourth-order valence-electron chi connectivity index (χ4n) is 4.46. The molecule has 0 bridgehead atoms. The van der Waals surface area contributed by atoms with Crippen molar-refractivity contribution in [3.63, 3.8) is 0 Å². The number of aromatic nitrogens is 2. The van der Waals surface area contributed by atoms with Crippen LogP contribution in [0.25, 0.3) is 22.4 Å². The normalized spacial score (nSPS) is 13.9. The number of anilines is 1. The molecule has 0 unspecified atom stereocenters. The minimum atomic E-state index is -0.393. The molecule has 0 aliphatic heterocycles. The summed E-state index contributed by atoms with van der Waals surface area (Å²) in [5.41, 5.74) is 10.5. The molecule has 0 spiro atoms. The Morgan fingerprint density at radius 3 is 2.30 bits per heavy atom. The monoisotopic (exact) mass is 521 g/mol. The number of hydrogen-bond donors (Lipinski definition) is 2. The van der Waals surface area contributed by atoms with E-state index >= 15 is 0 Å². The highest BCUT2D eigenvalue weighted by atomic mass is 32.1. The van der Waals surface area contributed by atoms with Gasteiger partial charge in [0.2, 0.25) is 11.8 Å². The van der Waals surface area contributed by atoms with E-state index in [4.69, 9.17) is 5.73 Å². The van der Waals surface area contributed by atoms with Crippen LogP contribution in [0.5, 0.6) is 0 Å². The molecule has 3 aromatic rings. The predicted octanol–water partition coefficient (Wildman–Crippen LogP) is 6.21. The number of rotatable bonds is 6. The van der Waals surface area contributed by atoms with Gasteiger partial charge in [0.15, 0.2) is 5.82 Å². The molecule has 2 amide bonds. The quantitative estimate of drug-likeness (QED) is 0.401. The van der Waals surface area contributed by atoms with Gasteiger partial charge in [0.25, 0.3) is 0 Å². The van der Waals surface area contributed by atoms with Gasteiger partial charge >= 0.3 is 0 Å². The van der Waals surface area contributed by atoms with Crippen molar-refractivity contribution in [2.75, 3.05) is 12.4 Å². The lowest BCUT2D eigenvalue weighted by Crippen LogP contribution is -2.37. The van der Waals surface area contributed by atoms with Crippen LogP contribution in [-0.2, 0) is 15.1 Å². The van der Waals surface area contributed by atoms with Gasteiger partial charge in [0.1, 0.15) is 5.69 Å². The van der Waals surface area contributed by atoms with Crippen LogP contribution >= 0.6 is 11.3 Å². The standard InChI is InChI=1S/C19H20N4OS.C10H19NO/c1-12(24)21-17-10-16(14-8-9-25-11-14)18(23-22-17)13-4-6-15(7-5-13)19(2,3)20;1-3-10(12)11(2)9-7-5-4-6-8-9/h4-11H,20H2,1-3H3,(H,21,22,24);9H,3-8H2,1-2H3. The molecule has 0 saturated heterocycles. The van der Waals surface area contributed by atoms with Crippen molar-refractivity contribution in [2.45, 2.75) is 77.8 Å². The van der Waals surface area contributed by atoms with Crippen molar-refractivity contribution in [1.82, 2.24) is 15.1 Å². The van der Waals surface area contributed by atoms with Crippen LogP contribution in [0.4, 0.5) is 5.82 Å². The molecule has 7 nitrogen and oxygen atoms in total. The van der Waals surface area contributed by atoms with Crippen LogP contribution in [0.15, 0.2) is 47.2 Å². The highest BCUT2D eigenvalue weighted by Gasteiger charge is 2.20. The molecule has 4 rings (SSSR count). The summed E-state index contributed by atoms with van der Waals surface area (Å²) in [4.78, 5) is 24.6. The van der Waals surface area contributed by atoms with Crippen LogP contribution in [0.2, 0.25) is 0 Å². The number of benzene rings is 1. The van der Waals surface area contributed by atoms with E-state index in [2.05, 4.69) is 20.9 Å². The first-order valence-electron chi connectivity index (χ1n) is 12.9. The number of hydrogen-bond acceptors (Lipinski definition) is 6. The Bertz CT molecular complexity index is 1160. The van der Waals surface area contributed by atoms with Crippen molar-refractivity contribution in [2.24, 2.45) is 5.73 Å². The van der Waals surface area contributed by atoms with Crippen LogP contribution in [0.3, 0.4) is 0 Å². The van der Waals surface area contributed by atoms with E-state index in [-0.39, 0.29) is 5.91 Å². The molecule has 1 aliphatic carbocycles. The van der Waals surface area contributed by atoms with E-state index in [1.165, 1.54) is 39.0 Å². The zero-order valence-corrected chi connectivity index (χ0v) is 23.4. The van der Waals surface area contributed by atoms with E-state index in [0.717, 1.165) is 27.9 Å². The molecule has 198 valence electrons. The molecule has 37 heavy (non-hydrogen) atoms. The lowest BCUT2D eigenvalue weighted by atomic mass is 9.93. The molecule has 1 aromatic carbocycles. The second kappa shape index (κ2) is 12.9. The second-order valence-electron chi connectivity index (χ2n) is 10.1. The highest BCUT2D eigenvalue weighted by Crippen LogP contribution is 2.33. The van der Waals surface area contributed by atoms with Gasteiger partial charge < -0.3 is 16.0 Å². The van der Waals surface area contributed by atoms with E-state index in [1.807, 2.05) is 74.5 Å². The van der Waals surface area contributed by atoms with Crippen LogP contribution in [0.1, 0.15) is 71.8 Å². The highest BCUT2D eigenvalue weighted by molar-refractivity contribution is 7.08. The topological polar surface area (TPSA) is 101 Å². The first-order valence-corrected chi connectivity index (χ1v) is 13.9. The molecule has 0 radical (unpaired) electrons. The zero-order valence-electron chi connectivity index (χ0n) is 22.6.